The molecule has 0 saturated carbocycles. The van der Waals surface area contributed by atoms with E-state index in [1.54, 1.807) is 18.2 Å². The lowest BCUT2D eigenvalue weighted by Crippen LogP contribution is -2.05. The summed E-state index contributed by atoms with van der Waals surface area (Å²) in [6, 6.07) is 14.7. The summed E-state index contributed by atoms with van der Waals surface area (Å²) in [5.41, 5.74) is 13.9. The second kappa shape index (κ2) is 7.09. The van der Waals surface area contributed by atoms with Crippen molar-refractivity contribution < 1.29 is 9.47 Å². The Balaban J connectivity index is 1.95. The summed E-state index contributed by atoms with van der Waals surface area (Å²) in [5.74, 6) is 2.08. The van der Waals surface area contributed by atoms with E-state index >= 15 is 0 Å². The van der Waals surface area contributed by atoms with E-state index in [0.717, 1.165) is 11.3 Å². The lowest BCUT2D eigenvalue weighted by atomic mass is 10.1. The highest BCUT2D eigenvalue weighted by atomic mass is 16.5. The fraction of sp³-hybridized carbons (Fsp3) is 0.158. The number of nitrogens with zero attached hydrogens (tertiary/aromatic N) is 2. The topological polar surface area (TPSA) is 96.3 Å². The van der Waals surface area contributed by atoms with Gasteiger partial charge in [0.25, 0.3) is 0 Å². The van der Waals surface area contributed by atoms with Gasteiger partial charge >= 0.3 is 0 Å². The molecule has 0 aliphatic rings. The molecular weight excluding hydrogens is 316 g/mol. The number of benzene rings is 2. The van der Waals surface area contributed by atoms with Gasteiger partial charge in [-0.2, -0.15) is 0 Å². The van der Waals surface area contributed by atoms with Gasteiger partial charge in [-0.25, -0.2) is 9.97 Å². The smallest absolute Gasteiger partial charge is 0.232 e. The van der Waals surface area contributed by atoms with E-state index in [4.69, 9.17) is 20.9 Å². The molecule has 1 heterocycles. The van der Waals surface area contributed by atoms with Crippen LogP contribution in [0, 0.1) is 0 Å². The summed E-state index contributed by atoms with van der Waals surface area (Å²) in [5, 5.41) is 0. The number of rotatable bonds is 5. The Hall–Kier alpha value is -3.28. The SMILES string of the molecule is CC(C)Oc1ccc(-c2c(N)ncnc2Oc2cccc(N)c2)cc1. The summed E-state index contributed by atoms with van der Waals surface area (Å²) >= 11 is 0. The molecule has 0 bridgehead atoms. The second-order valence-electron chi connectivity index (χ2n) is 5.80. The molecule has 2 aromatic carbocycles. The highest BCUT2D eigenvalue weighted by Crippen LogP contribution is 2.35. The molecule has 25 heavy (non-hydrogen) atoms. The van der Waals surface area contributed by atoms with Gasteiger partial charge in [-0.1, -0.05) is 18.2 Å². The number of hydrogen-bond donors (Lipinski definition) is 2. The van der Waals surface area contributed by atoms with Crippen molar-refractivity contribution in [3.63, 3.8) is 0 Å². The molecule has 0 radical (unpaired) electrons. The van der Waals surface area contributed by atoms with E-state index in [0.29, 0.717) is 28.7 Å². The van der Waals surface area contributed by atoms with Crippen LogP contribution in [0.25, 0.3) is 11.1 Å². The zero-order chi connectivity index (χ0) is 17.8. The Morgan fingerprint density at radius 1 is 0.920 bits per heavy atom. The largest absolute Gasteiger partial charge is 0.491 e. The first-order valence-electron chi connectivity index (χ1n) is 7.94. The van der Waals surface area contributed by atoms with Crippen molar-refractivity contribution in [3.05, 3.63) is 54.9 Å². The van der Waals surface area contributed by atoms with Gasteiger partial charge in [0.1, 0.15) is 23.6 Å². The zero-order valence-corrected chi connectivity index (χ0v) is 14.1. The van der Waals surface area contributed by atoms with Crippen LogP contribution in [0.3, 0.4) is 0 Å². The van der Waals surface area contributed by atoms with Crippen LogP contribution in [-0.2, 0) is 0 Å². The van der Waals surface area contributed by atoms with Gasteiger partial charge in [-0.05, 0) is 43.7 Å². The molecule has 0 aliphatic heterocycles. The standard InChI is InChI=1S/C19H20N4O2/c1-12(2)24-15-8-6-13(7-9-15)17-18(21)22-11-23-19(17)25-16-5-3-4-14(20)10-16/h3-12H,20H2,1-2H3,(H2,21,22,23). The summed E-state index contributed by atoms with van der Waals surface area (Å²) in [4.78, 5) is 8.30. The van der Waals surface area contributed by atoms with Crippen molar-refractivity contribution in [2.75, 3.05) is 11.5 Å². The average molecular weight is 336 g/mol. The summed E-state index contributed by atoms with van der Waals surface area (Å²) in [6.07, 6.45) is 1.48. The molecule has 0 atom stereocenters. The van der Waals surface area contributed by atoms with E-state index in [1.165, 1.54) is 6.33 Å². The first-order chi connectivity index (χ1) is 12.0. The number of anilines is 2. The minimum atomic E-state index is 0.110. The zero-order valence-electron chi connectivity index (χ0n) is 14.1. The molecule has 0 fully saturated rings. The highest BCUT2D eigenvalue weighted by molar-refractivity contribution is 5.78. The third kappa shape index (κ3) is 3.98. The second-order valence-corrected chi connectivity index (χ2v) is 5.80. The molecule has 4 N–H and O–H groups in total. The van der Waals surface area contributed by atoms with E-state index in [2.05, 4.69) is 9.97 Å². The van der Waals surface area contributed by atoms with Gasteiger partial charge in [0, 0.05) is 11.8 Å². The fourth-order valence-corrected chi connectivity index (χ4v) is 2.39. The van der Waals surface area contributed by atoms with Crippen LogP contribution in [0.1, 0.15) is 13.8 Å². The van der Waals surface area contributed by atoms with Gasteiger partial charge in [-0.3, -0.25) is 0 Å². The molecule has 6 heteroatoms. The highest BCUT2D eigenvalue weighted by Gasteiger charge is 2.14. The molecule has 0 amide bonds. The first kappa shape index (κ1) is 16.6. The predicted octanol–water partition coefficient (Wildman–Crippen LogP) is 3.89. The Labute approximate surface area is 146 Å². The molecular formula is C19H20N4O2. The maximum absolute atomic E-state index is 6.07. The molecule has 0 unspecified atom stereocenters. The van der Waals surface area contributed by atoms with E-state index < -0.39 is 0 Å². The summed E-state index contributed by atoms with van der Waals surface area (Å²) in [7, 11) is 0. The van der Waals surface area contributed by atoms with Gasteiger partial charge < -0.3 is 20.9 Å². The normalized spacial score (nSPS) is 10.7. The molecule has 3 rings (SSSR count). The third-order valence-electron chi connectivity index (χ3n) is 3.43. The van der Waals surface area contributed by atoms with Gasteiger partial charge in [-0.15, -0.1) is 0 Å². The number of nitrogens with two attached hydrogens (primary N) is 2. The number of aromatic nitrogens is 2. The average Bonchev–Trinajstić information content (AvgIpc) is 2.56. The van der Waals surface area contributed by atoms with Crippen LogP contribution < -0.4 is 20.9 Å². The van der Waals surface area contributed by atoms with Gasteiger partial charge in [0.05, 0.1) is 11.7 Å². The van der Waals surface area contributed by atoms with E-state index in [9.17, 15) is 0 Å². The van der Waals surface area contributed by atoms with Crippen LogP contribution in [0.4, 0.5) is 11.5 Å². The van der Waals surface area contributed by atoms with Crippen molar-refractivity contribution >= 4 is 11.5 Å². The molecule has 128 valence electrons. The molecule has 6 nitrogen and oxygen atoms in total. The Morgan fingerprint density at radius 3 is 2.36 bits per heavy atom. The predicted molar refractivity (Wildman–Crippen MR) is 98.6 cm³/mol. The summed E-state index contributed by atoms with van der Waals surface area (Å²) < 4.78 is 11.5. The maximum Gasteiger partial charge on any atom is 0.232 e. The molecule has 0 aliphatic carbocycles. The van der Waals surface area contributed by atoms with Crippen LogP contribution in [0.15, 0.2) is 54.9 Å². The van der Waals surface area contributed by atoms with Crippen LogP contribution in [-0.4, -0.2) is 16.1 Å². The van der Waals surface area contributed by atoms with Crippen molar-refractivity contribution in [1.29, 1.82) is 0 Å². The molecule has 0 saturated heterocycles. The van der Waals surface area contributed by atoms with Crippen molar-refractivity contribution in [1.82, 2.24) is 9.97 Å². The summed E-state index contributed by atoms with van der Waals surface area (Å²) in [6.45, 7) is 3.96. The van der Waals surface area contributed by atoms with Crippen molar-refractivity contribution in [2.45, 2.75) is 20.0 Å². The lowest BCUT2D eigenvalue weighted by Gasteiger charge is -2.13. The molecule has 0 spiro atoms. The fourth-order valence-electron chi connectivity index (χ4n) is 2.39. The number of ether oxygens (including phenoxy) is 2. The molecule has 1 aromatic heterocycles. The Bertz CT molecular complexity index is 864. The lowest BCUT2D eigenvalue weighted by molar-refractivity contribution is 0.242. The number of hydrogen-bond acceptors (Lipinski definition) is 6. The first-order valence-corrected chi connectivity index (χ1v) is 7.94. The third-order valence-corrected chi connectivity index (χ3v) is 3.43. The van der Waals surface area contributed by atoms with Gasteiger partial charge in [0.2, 0.25) is 5.88 Å². The van der Waals surface area contributed by atoms with Crippen molar-refractivity contribution in [2.24, 2.45) is 0 Å². The van der Waals surface area contributed by atoms with E-state index in [1.807, 2.05) is 44.2 Å². The van der Waals surface area contributed by atoms with Crippen molar-refractivity contribution in [3.8, 4) is 28.5 Å². The monoisotopic (exact) mass is 336 g/mol. The van der Waals surface area contributed by atoms with Crippen LogP contribution in [0.5, 0.6) is 17.4 Å². The van der Waals surface area contributed by atoms with E-state index in [-0.39, 0.29) is 6.10 Å². The molecule has 3 aromatic rings. The van der Waals surface area contributed by atoms with Crippen LogP contribution >= 0.6 is 0 Å². The number of nitrogen functional groups attached to an aromatic ring is 2. The maximum atomic E-state index is 6.07. The Kier molecular flexibility index (Phi) is 4.70. The minimum absolute atomic E-state index is 0.110. The minimum Gasteiger partial charge on any atom is -0.491 e. The van der Waals surface area contributed by atoms with Gasteiger partial charge in [0.15, 0.2) is 0 Å². The Morgan fingerprint density at radius 2 is 1.68 bits per heavy atom. The van der Waals surface area contributed by atoms with Crippen LogP contribution in [0.2, 0.25) is 0 Å². The quantitative estimate of drug-likeness (QED) is 0.686.